The maximum Gasteiger partial charge on any atom is 0.183 e. The van der Waals surface area contributed by atoms with Gasteiger partial charge in [-0.3, -0.25) is 9.98 Å². The number of hydrogen-bond acceptors (Lipinski definition) is 4. The van der Waals surface area contributed by atoms with Crippen LogP contribution in [0.2, 0.25) is 39.3 Å². The van der Waals surface area contributed by atoms with Crippen LogP contribution in [-0.2, 0) is 34.5 Å². The van der Waals surface area contributed by atoms with E-state index in [1.165, 1.54) is 22.3 Å². The fraction of sp³-hybridized carbons (Fsp3) is 0.588. The quantitative estimate of drug-likeness (QED) is 0.106. The summed E-state index contributed by atoms with van der Waals surface area (Å²) >= 11 is 0. The number of para-hydroxylation sites is 2. The minimum atomic E-state index is -1.57. The first kappa shape index (κ1) is 34.3. The van der Waals surface area contributed by atoms with Crippen LogP contribution in [0.4, 0.5) is 11.4 Å². The third-order valence-electron chi connectivity index (χ3n) is 6.94. The minimum absolute atomic E-state index is 0.766. The lowest BCUT2D eigenvalue weighted by Gasteiger charge is -2.20. The molecule has 0 amide bonds. The van der Waals surface area contributed by atoms with Gasteiger partial charge >= 0.3 is 0 Å². The fourth-order valence-corrected chi connectivity index (χ4v) is 6.27. The van der Waals surface area contributed by atoms with Crippen LogP contribution in [0.15, 0.2) is 46.4 Å². The molecule has 0 atom stereocenters. The molecule has 222 valence electrons. The first-order chi connectivity index (χ1) is 18.9. The van der Waals surface area contributed by atoms with Gasteiger partial charge in [0.2, 0.25) is 0 Å². The Morgan fingerprint density at radius 1 is 0.550 bits per heavy atom. The average Bonchev–Trinajstić information content (AvgIpc) is 2.90. The summed E-state index contributed by atoms with van der Waals surface area (Å²) < 4.78 is 12.5. The zero-order valence-corrected chi connectivity index (χ0v) is 29.2. The largest absolute Gasteiger partial charge is 0.418 e. The van der Waals surface area contributed by atoms with Crippen molar-refractivity contribution >= 4 is 39.4 Å². The molecule has 0 saturated carbocycles. The SMILES string of the molecule is CCc1cccc(CC)c1N=C(CCCO[Si](C)(C)C)C(CCCO[Si](C)(C)C)=Nc1c(CC)cccc1CC. The molecule has 0 spiro atoms. The monoisotopic (exact) mass is 580 g/mol. The van der Waals surface area contributed by atoms with E-state index in [2.05, 4.69) is 103 Å². The van der Waals surface area contributed by atoms with Gasteiger partial charge in [-0.15, -0.1) is 0 Å². The molecular formula is C34H56N2O2Si2. The summed E-state index contributed by atoms with van der Waals surface area (Å²) in [6.45, 7) is 24.0. The Morgan fingerprint density at radius 3 is 1.10 bits per heavy atom. The van der Waals surface area contributed by atoms with Crippen molar-refractivity contribution in [2.45, 2.75) is 118 Å². The molecule has 40 heavy (non-hydrogen) atoms. The van der Waals surface area contributed by atoms with E-state index in [4.69, 9.17) is 18.8 Å². The van der Waals surface area contributed by atoms with E-state index in [-0.39, 0.29) is 0 Å². The Morgan fingerprint density at radius 2 is 0.850 bits per heavy atom. The third kappa shape index (κ3) is 11.6. The highest BCUT2D eigenvalue weighted by molar-refractivity contribution is 6.70. The van der Waals surface area contributed by atoms with E-state index in [0.717, 1.165) is 87.4 Å². The highest BCUT2D eigenvalue weighted by Crippen LogP contribution is 2.30. The molecule has 2 rings (SSSR count). The lowest BCUT2D eigenvalue weighted by Crippen LogP contribution is -2.27. The molecule has 0 heterocycles. The Bertz CT molecular complexity index is 994. The molecule has 0 aromatic heterocycles. The second-order valence-corrected chi connectivity index (χ2v) is 21.5. The Labute approximate surface area is 248 Å². The molecule has 0 aliphatic rings. The molecule has 0 fully saturated rings. The van der Waals surface area contributed by atoms with Gasteiger partial charge in [0.1, 0.15) is 0 Å². The molecule has 4 nitrogen and oxygen atoms in total. The Kier molecular flexibility index (Phi) is 14.2. The van der Waals surface area contributed by atoms with Crippen molar-refractivity contribution in [1.82, 2.24) is 0 Å². The predicted octanol–water partition coefficient (Wildman–Crippen LogP) is 10.0. The molecule has 6 heteroatoms. The molecule has 0 saturated heterocycles. The van der Waals surface area contributed by atoms with Crippen LogP contribution >= 0.6 is 0 Å². The van der Waals surface area contributed by atoms with Crippen LogP contribution in [0.5, 0.6) is 0 Å². The van der Waals surface area contributed by atoms with Gasteiger partial charge in [-0.2, -0.15) is 0 Å². The molecule has 0 unspecified atom stereocenters. The highest BCUT2D eigenvalue weighted by atomic mass is 28.4. The number of aliphatic imine (C=N–C) groups is 2. The van der Waals surface area contributed by atoms with E-state index in [1.807, 2.05) is 0 Å². The van der Waals surface area contributed by atoms with Gasteiger partial charge < -0.3 is 8.85 Å². The summed E-state index contributed by atoms with van der Waals surface area (Å²) in [7, 11) is -3.14. The van der Waals surface area contributed by atoms with E-state index in [1.54, 1.807) is 0 Å². The minimum Gasteiger partial charge on any atom is -0.418 e. The predicted molar refractivity (Wildman–Crippen MR) is 182 cm³/mol. The van der Waals surface area contributed by atoms with Crippen molar-refractivity contribution in [3.8, 4) is 0 Å². The first-order valence-electron chi connectivity index (χ1n) is 15.6. The summed E-state index contributed by atoms with van der Waals surface area (Å²) in [4.78, 5) is 11.0. The molecule has 0 radical (unpaired) electrons. The standard InChI is InChI=1S/C34H56N2O2Si2/c1-11-27-19-15-20-28(12-2)33(27)35-31(23-17-25-37-39(5,6)7)32(24-18-26-38-40(8,9)10)36-34-29(13-3)21-16-22-30(34)14-4/h15-16,19-22H,11-14,17-18,23-26H2,1-10H3. The maximum absolute atomic E-state index is 6.26. The zero-order chi connectivity index (χ0) is 29.8. The topological polar surface area (TPSA) is 43.2 Å². The molecule has 0 N–H and O–H groups in total. The Hall–Kier alpha value is -1.87. The first-order valence-corrected chi connectivity index (χ1v) is 22.4. The maximum atomic E-state index is 6.26. The smallest absolute Gasteiger partial charge is 0.183 e. The number of nitrogens with zero attached hydrogens (tertiary/aromatic N) is 2. The summed E-state index contributed by atoms with van der Waals surface area (Å²) in [6.07, 6.45) is 7.46. The van der Waals surface area contributed by atoms with Gasteiger partial charge in [0, 0.05) is 13.2 Å². The zero-order valence-electron chi connectivity index (χ0n) is 27.2. The van der Waals surface area contributed by atoms with Crippen LogP contribution in [-0.4, -0.2) is 41.3 Å². The van der Waals surface area contributed by atoms with Gasteiger partial charge in [0.25, 0.3) is 0 Å². The van der Waals surface area contributed by atoms with Crippen LogP contribution in [0.1, 0.15) is 75.6 Å². The highest BCUT2D eigenvalue weighted by Gasteiger charge is 2.19. The molecule has 2 aromatic rings. The second kappa shape index (κ2) is 16.5. The van der Waals surface area contributed by atoms with Crippen molar-refractivity contribution < 1.29 is 8.85 Å². The van der Waals surface area contributed by atoms with Crippen molar-refractivity contribution in [2.75, 3.05) is 13.2 Å². The number of hydrogen-bond donors (Lipinski definition) is 0. The third-order valence-corrected chi connectivity index (χ3v) is 9.08. The van der Waals surface area contributed by atoms with Crippen LogP contribution in [0, 0.1) is 0 Å². The molecule has 0 bridgehead atoms. The van der Waals surface area contributed by atoms with E-state index < -0.39 is 16.6 Å². The number of rotatable bonds is 17. The molecule has 2 aromatic carbocycles. The molecule has 0 aliphatic carbocycles. The normalized spacial score (nSPS) is 13.2. The van der Waals surface area contributed by atoms with E-state index >= 15 is 0 Å². The molecule has 0 aliphatic heterocycles. The number of aryl methyl sites for hydroxylation is 4. The number of benzene rings is 2. The van der Waals surface area contributed by atoms with Crippen LogP contribution in [0.3, 0.4) is 0 Å². The van der Waals surface area contributed by atoms with Gasteiger partial charge in [-0.1, -0.05) is 64.1 Å². The van der Waals surface area contributed by atoms with Crippen molar-refractivity contribution in [1.29, 1.82) is 0 Å². The second-order valence-electron chi connectivity index (χ2n) is 12.5. The lowest BCUT2D eigenvalue weighted by atomic mass is 10.00. The summed E-state index contributed by atoms with van der Waals surface area (Å²) in [5.41, 5.74) is 9.71. The molecular weight excluding hydrogens is 525 g/mol. The van der Waals surface area contributed by atoms with E-state index in [0.29, 0.717) is 0 Å². The van der Waals surface area contributed by atoms with E-state index in [9.17, 15) is 0 Å². The van der Waals surface area contributed by atoms with Gasteiger partial charge in [0.05, 0.1) is 22.8 Å². The van der Waals surface area contributed by atoms with Crippen LogP contribution < -0.4 is 0 Å². The summed E-state index contributed by atoms with van der Waals surface area (Å²) in [5.74, 6) is 0. The van der Waals surface area contributed by atoms with Gasteiger partial charge in [0.15, 0.2) is 16.6 Å². The van der Waals surface area contributed by atoms with Gasteiger partial charge in [-0.25, -0.2) is 0 Å². The Balaban J connectivity index is 2.65. The van der Waals surface area contributed by atoms with Crippen molar-refractivity contribution in [3.05, 3.63) is 58.7 Å². The van der Waals surface area contributed by atoms with Gasteiger partial charge in [-0.05, 0) is 113 Å². The average molecular weight is 581 g/mol. The fourth-order valence-electron chi connectivity index (χ4n) is 4.75. The van der Waals surface area contributed by atoms with Crippen molar-refractivity contribution in [2.24, 2.45) is 9.98 Å². The summed E-state index contributed by atoms with van der Waals surface area (Å²) in [6, 6.07) is 13.3. The lowest BCUT2D eigenvalue weighted by molar-refractivity contribution is 0.306. The van der Waals surface area contributed by atoms with Crippen molar-refractivity contribution in [3.63, 3.8) is 0 Å². The van der Waals surface area contributed by atoms with Crippen LogP contribution in [0.25, 0.3) is 0 Å². The summed E-state index contributed by atoms with van der Waals surface area (Å²) in [5, 5.41) is 0.